The molecule has 4 N–H and O–H groups in total. The molecule has 1 aliphatic rings. The van der Waals surface area contributed by atoms with Crippen molar-refractivity contribution in [3.63, 3.8) is 0 Å². The zero-order valence-corrected chi connectivity index (χ0v) is 15.8. The number of aromatic nitrogens is 1. The Hall–Kier alpha value is -2.94. The predicted octanol–water partition coefficient (Wildman–Crippen LogP) is 2.35. The van der Waals surface area contributed by atoms with E-state index < -0.39 is 11.6 Å². The highest BCUT2D eigenvalue weighted by Gasteiger charge is 2.50. The zero-order chi connectivity index (χ0) is 19.0. The van der Waals surface area contributed by atoms with Crippen LogP contribution in [0.5, 0.6) is 0 Å². The van der Waals surface area contributed by atoms with Crippen LogP contribution < -0.4 is 26.8 Å². The Kier molecular flexibility index (Phi) is 4.31. The van der Waals surface area contributed by atoms with Gasteiger partial charge in [-0.05, 0) is 31.5 Å². The number of primary amides is 1. The number of carbonyl (C=O) groups is 1. The molecule has 1 fully saturated rings. The van der Waals surface area contributed by atoms with Gasteiger partial charge in [-0.3, -0.25) is 4.79 Å². The molecule has 8 heteroatoms. The molecule has 1 saturated heterocycles. The summed E-state index contributed by atoms with van der Waals surface area (Å²) in [5.74, 6) is -0.540. The van der Waals surface area contributed by atoms with E-state index in [0.717, 1.165) is 16.3 Å². The second-order valence-corrected chi connectivity index (χ2v) is 7.48. The lowest BCUT2D eigenvalue weighted by atomic mass is 10.0. The maximum Gasteiger partial charge on any atom is 0.260 e. The molecular formula is C19H20N6OS. The van der Waals surface area contributed by atoms with Gasteiger partial charge in [0, 0.05) is 4.88 Å². The average Bonchev–Trinajstić information content (AvgIpc) is 3.25. The molecule has 2 heterocycles. The smallest absolute Gasteiger partial charge is 0.260 e. The SMILES string of the molecule is Cc1nc(N2NC(C(N)=O)(c3ccccc3)NN2c2ccccc2)sc1C. The van der Waals surface area contributed by atoms with E-state index in [1.165, 1.54) is 11.3 Å². The van der Waals surface area contributed by atoms with Gasteiger partial charge in [-0.1, -0.05) is 59.9 Å². The molecule has 138 valence electrons. The largest absolute Gasteiger partial charge is 0.366 e. The van der Waals surface area contributed by atoms with E-state index in [1.807, 2.05) is 74.5 Å². The second-order valence-electron chi connectivity index (χ2n) is 6.30. The summed E-state index contributed by atoms with van der Waals surface area (Å²) in [5, 5.41) is 4.20. The fourth-order valence-electron chi connectivity index (χ4n) is 2.94. The maximum absolute atomic E-state index is 12.6. The third kappa shape index (κ3) is 2.93. The fourth-order valence-corrected chi connectivity index (χ4v) is 3.80. The summed E-state index contributed by atoms with van der Waals surface area (Å²) in [7, 11) is 0. The van der Waals surface area contributed by atoms with E-state index in [9.17, 15) is 4.79 Å². The lowest BCUT2D eigenvalue weighted by Gasteiger charge is -2.26. The Morgan fingerprint density at radius 2 is 1.59 bits per heavy atom. The summed E-state index contributed by atoms with van der Waals surface area (Å²) in [5.41, 5.74) is 13.5. The number of nitrogens with zero attached hydrogens (tertiary/aromatic N) is 3. The van der Waals surface area contributed by atoms with Crippen molar-refractivity contribution >= 4 is 28.1 Å². The van der Waals surface area contributed by atoms with Gasteiger partial charge in [0.05, 0.1) is 11.4 Å². The molecule has 1 unspecified atom stereocenters. The maximum atomic E-state index is 12.6. The van der Waals surface area contributed by atoms with Crippen molar-refractivity contribution in [3.05, 3.63) is 76.8 Å². The van der Waals surface area contributed by atoms with Crippen LogP contribution in [0.25, 0.3) is 0 Å². The number of hydrogen-bond acceptors (Lipinski definition) is 7. The first kappa shape index (κ1) is 17.5. The highest BCUT2D eigenvalue weighted by atomic mass is 32.1. The number of thiazole rings is 1. The molecule has 0 bridgehead atoms. The van der Waals surface area contributed by atoms with Gasteiger partial charge in [0.25, 0.3) is 5.91 Å². The first-order valence-electron chi connectivity index (χ1n) is 8.51. The van der Waals surface area contributed by atoms with Crippen molar-refractivity contribution in [2.45, 2.75) is 19.5 Å². The van der Waals surface area contributed by atoms with Crippen LogP contribution in [0.15, 0.2) is 60.7 Å². The van der Waals surface area contributed by atoms with Gasteiger partial charge in [0.1, 0.15) is 0 Å². The number of rotatable bonds is 4. The molecule has 0 aliphatic carbocycles. The van der Waals surface area contributed by atoms with Gasteiger partial charge in [-0.2, -0.15) is 21.1 Å². The van der Waals surface area contributed by atoms with Crippen LogP contribution in [0.4, 0.5) is 10.8 Å². The summed E-state index contributed by atoms with van der Waals surface area (Å²) < 4.78 is 0. The Labute approximate surface area is 161 Å². The number of benzene rings is 2. The van der Waals surface area contributed by atoms with Crippen molar-refractivity contribution in [2.75, 3.05) is 10.2 Å². The first-order chi connectivity index (χ1) is 13.0. The van der Waals surface area contributed by atoms with Crippen molar-refractivity contribution in [3.8, 4) is 0 Å². The van der Waals surface area contributed by atoms with Crippen LogP contribution in [0.1, 0.15) is 16.1 Å². The van der Waals surface area contributed by atoms with E-state index in [2.05, 4.69) is 15.8 Å². The van der Waals surface area contributed by atoms with Gasteiger partial charge in [-0.15, -0.1) is 0 Å². The van der Waals surface area contributed by atoms with Gasteiger partial charge in [0.15, 0.2) is 0 Å². The van der Waals surface area contributed by atoms with E-state index in [-0.39, 0.29) is 0 Å². The highest BCUT2D eigenvalue weighted by molar-refractivity contribution is 7.15. The number of aryl methyl sites for hydroxylation is 2. The van der Waals surface area contributed by atoms with Crippen LogP contribution in [0, 0.1) is 13.8 Å². The van der Waals surface area contributed by atoms with Crippen LogP contribution >= 0.6 is 11.3 Å². The highest BCUT2D eigenvalue weighted by Crippen LogP contribution is 2.34. The van der Waals surface area contributed by atoms with Gasteiger partial charge < -0.3 is 5.73 Å². The summed E-state index contributed by atoms with van der Waals surface area (Å²) >= 11 is 1.54. The average molecular weight is 380 g/mol. The number of anilines is 2. The first-order valence-corrected chi connectivity index (χ1v) is 9.33. The van der Waals surface area contributed by atoms with Gasteiger partial charge in [0.2, 0.25) is 10.8 Å². The molecule has 1 aliphatic heterocycles. The minimum Gasteiger partial charge on any atom is -0.366 e. The zero-order valence-electron chi connectivity index (χ0n) is 15.0. The van der Waals surface area contributed by atoms with Gasteiger partial charge >= 0.3 is 0 Å². The van der Waals surface area contributed by atoms with Crippen molar-refractivity contribution in [1.29, 1.82) is 0 Å². The van der Waals surface area contributed by atoms with Crippen LogP contribution in [0.3, 0.4) is 0 Å². The molecular weight excluding hydrogens is 360 g/mol. The summed E-state index contributed by atoms with van der Waals surface area (Å²) in [6.45, 7) is 3.98. The molecule has 1 amide bonds. The molecule has 1 atom stereocenters. The van der Waals surface area contributed by atoms with Crippen molar-refractivity contribution in [1.82, 2.24) is 15.8 Å². The third-order valence-corrected chi connectivity index (χ3v) is 5.57. The molecule has 7 nitrogen and oxygen atoms in total. The van der Waals surface area contributed by atoms with E-state index in [4.69, 9.17) is 5.73 Å². The van der Waals surface area contributed by atoms with Crippen LogP contribution in [-0.4, -0.2) is 10.9 Å². The number of carbonyl (C=O) groups excluding carboxylic acids is 1. The Bertz CT molecular complexity index is 941. The van der Waals surface area contributed by atoms with E-state index >= 15 is 0 Å². The molecule has 27 heavy (non-hydrogen) atoms. The monoisotopic (exact) mass is 380 g/mol. The number of nitrogens with two attached hydrogens (primary N) is 1. The van der Waals surface area contributed by atoms with E-state index in [0.29, 0.717) is 10.7 Å². The van der Waals surface area contributed by atoms with Crippen molar-refractivity contribution in [2.24, 2.45) is 5.73 Å². The Balaban J connectivity index is 1.84. The number of hydrogen-bond donors (Lipinski definition) is 3. The summed E-state index contributed by atoms with van der Waals surface area (Å²) in [6, 6.07) is 19.0. The molecule has 0 spiro atoms. The summed E-state index contributed by atoms with van der Waals surface area (Å²) in [4.78, 5) is 18.3. The fraction of sp³-hybridized carbons (Fsp3) is 0.158. The van der Waals surface area contributed by atoms with Gasteiger partial charge in [-0.25, -0.2) is 4.98 Å². The number of hydrazine groups is 3. The molecule has 2 aromatic carbocycles. The lowest BCUT2D eigenvalue weighted by molar-refractivity contribution is -0.125. The topological polar surface area (TPSA) is 86.5 Å². The molecule has 0 radical (unpaired) electrons. The minimum absolute atomic E-state index is 0.540. The lowest BCUT2D eigenvalue weighted by Crippen LogP contribution is -2.58. The van der Waals surface area contributed by atoms with E-state index in [1.54, 1.807) is 10.2 Å². The predicted molar refractivity (Wildman–Crippen MR) is 107 cm³/mol. The number of para-hydroxylation sites is 1. The standard InChI is InChI=1S/C19H20N6OS/c1-13-14(2)27-18(21-13)25-23-19(17(20)26,15-9-5-3-6-10-15)22-24(25)16-11-7-4-8-12-16/h3-12,22-23H,1-2H3,(H2,20,26). The quantitative estimate of drug-likeness (QED) is 0.644. The molecule has 4 rings (SSSR count). The van der Waals surface area contributed by atoms with Crippen LogP contribution in [0.2, 0.25) is 0 Å². The Morgan fingerprint density at radius 1 is 1.00 bits per heavy atom. The minimum atomic E-state index is -1.30. The molecule has 1 aromatic heterocycles. The molecule has 3 aromatic rings. The third-order valence-electron chi connectivity index (χ3n) is 4.52. The molecule has 0 saturated carbocycles. The van der Waals surface area contributed by atoms with Crippen molar-refractivity contribution < 1.29 is 4.79 Å². The normalized spacial score (nSPS) is 19.5. The number of amides is 1. The Morgan fingerprint density at radius 3 is 2.15 bits per heavy atom. The summed E-state index contributed by atoms with van der Waals surface area (Å²) in [6.07, 6.45) is 0. The number of nitrogens with one attached hydrogen (secondary N) is 2. The van der Waals surface area contributed by atoms with Crippen LogP contribution in [-0.2, 0) is 10.5 Å². The second kappa shape index (κ2) is 6.66.